The van der Waals surface area contributed by atoms with Crippen molar-refractivity contribution in [1.82, 2.24) is 14.7 Å². The number of carbonyl (C=O) groups excluding carboxylic acids is 2. The molecule has 2 aromatic heterocycles. The molecule has 2 aromatic rings. The first-order valence-corrected chi connectivity index (χ1v) is 9.20. The Bertz CT molecular complexity index is 880. The summed E-state index contributed by atoms with van der Waals surface area (Å²) in [5.74, 6) is -0.352. The zero-order valence-corrected chi connectivity index (χ0v) is 15.4. The van der Waals surface area contributed by atoms with Crippen molar-refractivity contribution in [3.63, 3.8) is 0 Å². The van der Waals surface area contributed by atoms with Crippen LogP contribution in [0, 0.1) is 11.3 Å². The molecule has 0 radical (unpaired) electrons. The summed E-state index contributed by atoms with van der Waals surface area (Å²) in [6.45, 7) is 5.57. The lowest BCUT2D eigenvalue weighted by Gasteiger charge is -2.25. The van der Waals surface area contributed by atoms with Crippen LogP contribution >= 0.6 is 11.3 Å². The van der Waals surface area contributed by atoms with E-state index in [4.69, 9.17) is 4.74 Å². The number of anilines is 1. The average molecular weight is 373 g/mol. The second kappa shape index (κ2) is 7.58. The molecule has 8 nitrogen and oxygen atoms in total. The minimum Gasteiger partial charge on any atom is -0.450 e. The fourth-order valence-electron chi connectivity index (χ4n) is 2.81. The lowest BCUT2D eigenvalue weighted by molar-refractivity contribution is 0.101. The van der Waals surface area contributed by atoms with Crippen LogP contribution in [-0.2, 0) is 24.2 Å². The SMILES string of the molecule is CCOC(=O)N1CCc2c(sc(NC(=O)c3ccn(CC)n3)c2C#N)C1. The van der Waals surface area contributed by atoms with Gasteiger partial charge in [0.2, 0.25) is 0 Å². The molecule has 1 aliphatic heterocycles. The summed E-state index contributed by atoms with van der Waals surface area (Å²) in [5, 5.41) is 17.0. The van der Waals surface area contributed by atoms with Crippen molar-refractivity contribution < 1.29 is 14.3 Å². The zero-order valence-electron chi connectivity index (χ0n) is 14.6. The fraction of sp³-hybridized carbons (Fsp3) is 0.412. The summed E-state index contributed by atoms with van der Waals surface area (Å²) in [6.07, 6.45) is 1.94. The van der Waals surface area contributed by atoms with Gasteiger partial charge in [-0.25, -0.2) is 4.79 Å². The van der Waals surface area contributed by atoms with Gasteiger partial charge in [-0.2, -0.15) is 10.4 Å². The van der Waals surface area contributed by atoms with Crippen molar-refractivity contribution in [2.45, 2.75) is 33.4 Å². The third-order valence-electron chi connectivity index (χ3n) is 4.12. The van der Waals surface area contributed by atoms with E-state index in [1.165, 1.54) is 11.3 Å². The third-order valence-corrected chi connectivity index (χ3v) is 5.25. The van der Waals surface area contributed by atoms with Crippen molar-refractivity contribution in [2.75, 3.05) is 18.5 Å². The molecule has 3 rings (SSSR count). The lowest BCUT2D eigenvalue weighted by Crippen LogP contribution is -2.35. The van der Waals surface area contributed by atoms with Crippen LogP contribution in [0.4, 0.5) is 9.80 Å². The monoisotopic (exact) mass is 373 g/mol. The molecule has 1 aliphatic rings. The number of fused-ring (bicyclic) bond motifs is 1. The lowest BCUT2D eigenvalue weighted by atomic mass is 10.0. The minimum absolute atomic E-state index is 0.301. The van der Waals surface area contributed by atoms with E-state index in [0.29, 0.717) is 48.9 Å². The van der Waals surface area contributed by atoms with Gasteiger partial charge in [-0.3, -0.25) is 9.48 Å². The molecule has 0 saturated heterocycles. The van der Waals surface area contributed by atoms with Gasteiger partial charge in [0.25, 0.3) is 5.91 Å². The predicted molar refractivity (Wildman–Crippen MR) is 96.0 cm³/mol. The highest BCUT2D eigenvalue weighted by Gasteiger charge is 2.28. The Morgan fingerprint density at radius 1 is 1.46 bits per heavy atom. The van der Waals surface area contributed by atoms with Crippen LogP contribution in [0.25, 0.3) is 0 Å². The zero-order chi connectivity index (χ0) is 18.7. The number of nitrogens with zero attached hydrogens (tertiary/aromatic N) is 4. The van der Waals surface area contributed by atoms with Gasteiger partial charge < -0.3 is 15.0 Å². The number of aromatic nitrogens is 2. The molecule has 9 heteroatoms. The summed E-state index contributed by atoms with van der Waals surface area (Å²) in [5.41, 5.74) is 1.67. The number of rotatable bonds is 4. The first-order chi connectivity index (χ1) is 12.6. The van der Waals surface area contributed by atoms with Crippen LogP contribution in [0.1, 0.15) is 40.3 Å². The Morgan fingerprint density at radius 3 is 2.92 bits per heavy atom. The molecular weight excluding hydrogens is 354 g/mol. The van der Waals surface area contributed by atoms with Crippen LogP contribution in [0.15, 0.2) is 12.3 Å². The van der Waals surface area contributed by atoms with E-state index in [0.717, 1.165) is 10.4 Å². The number of ether oxygens (including phenoxy) is 1. The number of aryl methyl sites for hydroxylation is 1. The van der Waals surface area contributed by atoms with E-state index in [9.17, 15) is 14.9 Å². The number of hydrogen-bond donors (Lipinski definition) is 1. The molecule has 0 atom stereocenters. The molecule has 2 amide bonds. The Balaban J connectivity index is 1.80. The molecule has 0 saturated carbocycles. The Hall–Kier alpha value is -2.86. The van der Waals surface area contributed by atoms with E-state index in [1.807, 2.05) is 6.92 Å². The van der Waals surface area contributed by atoms with Gasteiger partial charge in [0.15, 0.2) is 5.69 Å². The van der Waals surface area contributed by atoms with Gasteiger partial charge in [-0.05, 0) is 31.9 Å². The quantitative estimate of drug-likeness (QED) is 0.888. The number of nitriles is 1. The van der Waals surface area contributed by atoms with E-state index >= 15 is 0 Å². The van der Waals surface area contributed by atoms with Crippen molar-refractivity contribution in [2.24, 2.45) is 0 Å². The van der Waals surface area contributed by atoms with Gasteiger partial charge in [0.1, 0.15) is 11.1 Å². The van der Waals surface area contributed by atoms with Crippen molar-refractivity contribution in [1.29, 1.82) is 5.26 Å². The number of hydrogen-bond acceptors (Lipinski definition) is 6. The van der Waals surface area contributed by atoms with Crippen LogP contribution in [-0.4, -0.2) is 39.8 Å². The van der Waals surface area contributed by atoms with E-state index in [2.05, 4.69) is 16.5 Å². The second-order valence-corrected chi connectivity index (χ2v) is 6.81. The Morgan fingerprint density at radius 2 is 2.27 bits per heavy atom. The van der Waals surface area contributed by atoms with Gasteiger partial charge in [-0.1, -0.05) is 0 Å². The summed E-state index contributed by atoms with van der Waals surface area (Å²) in [6, 6.07) is 3.82. The Kier molecular flexibility index (Phi) is 5.23. The molecule has 26 heavy (non-hydrogen) atoms. The number of nitrogens with one attached hydrogen (secondary N) is 1. The third kappa shape index (κ3) is 3.41. The highest BCUT2D eigenvalue weighted by Crippen LogP contribution is 2.37. The molecule has 136 valence electrons. The van der Waals surface area contributed by atoms with Gasteiger partial charge in [0.05, 0.1) is 18.7 Å². The average Bonchev–Trinajstić information content (AvgIpc) is 3.25. The summed E-state index contributed by atoms with van der Waals surface area (Å²) >= 11 is 1.32. The van der Waals surface area contributed by atoms with Crippen molar-refractivity contribution in [3.05, 3.63) is 34.0 Å². The largest absolute Gasteiger partial charge is 0.450 e. The summed E-state index contributed by atoms with van der Waals surface area (Å²) < 4.78 is 6.70. The van der Waals surface area contributed by atoms with Gasteiger partial charge in [-0.15, -0.1) is 11.3 Å². The molecule has 0 aromatic carbocycles. The molecule has 1 N–H and O–H groups in total. The fourth-order valence-corrected chi connectivity index (χ4v) is 4.02. The maximum Gasteiger partial charge on any atom is 0.410 e. The normalized spacial score (nSPS) is 13.0. The highest BCUT2D eigenvalue weighted by molar-refractivity contribution is 7.16. The molecule has 0 unspecified atom stereocenters. The minimum atomic E-state index is -0.360. The van der Waals surface area contributed by atoms with Gasteiger partial charge >= 0.3 is 6.09 Å². The first-order valence-electron chi connectivity index (χ1n) is 8.38. The molecule has 3 heterocycles. The van der Waals surface area contributed by atoms with E-state index < -0.39 is 0 Å². The van der Waals surface area contributed by atoms with E-state index in [-0.39, 0.29) is 12.0 Å². The standard InChI is InChI=1S/C17H19N5O3S/c1-3-22-8-6-13(20-22)15(23)19-16-12(9-18)11-5-7-21(10-14(11)26-16)17(24)25-4-2/h6,8H,3-5,7,10H2,1-2H3,(H,19,23). The molecule has 0 bridgehead atoms. The maximum absolute atomic E-state index is 12.4. The smallest absolute Gasteiger partial charge is 0.410 e. The summed E-state index contributed by atoms with van der Waals surface area (Å²) in [7, 11) is 0. The number of carbonyl (C=O) groups is 2. The summed E-state index contributed by atoms with van der Waals surface area (Å²) in [4.78, 5) is 26.8. The highest BCUT2D eigenvalue weighted by atomic mass is 32.1. The first kappa shape index (κ1) is 17.9. The Labute approximate surface area is 155 Å². The number of amides is 2. The second-order valence-electron chi connectivity index (χ2n) is 5.70. The van der Waals surface area contributed by atoms with Gasteiger partial charge in [0, 0.05) is 24.2 Å². The van der Waals surface area contributed by atoms with Crippen LogP contribution in [0.3, 0.4) is 0 Å². The van der Waals surface area contributed by atoms with Crippen LogP contribution < -0.4 is 5.32 Å². The number of thiophene rings is 1. The van der Waals surface area contributed by atoms with Crippen molar-refractivity contribution >= 4 is 28.3 Å². The van der Waals surface area contributed by atoms with E-state index in [1.54, 1.807) is 28.8 Å². The molecule has 0 fully saturated rings. The maximum atomic E-state index is 12.4. The molecule has 0 spiro atoms. The van der Waals surface area contributed by atoms with Crippen LogP contribution in [0.2, 0.25) is 0 Å². The molecule has 0 aliphatic carbocycles. The van der Waals surface area contributed by atoms with Crippen molar-refractivity contribution in [3.8, 4) is 6.07 Å². The van der Waals surface area contributed by atoms with Crippen LogP contribution in [0.5, 0.6) is 0 Å². The predicted octanol–water partition coefficient (Wildman–Crippen LogP) is 2.60. The molecular formula is C17H19N5O3S. The topological polar surface area (TPSA) is 100 Å².